The molecule has 2 aromatic rings. The first-order valence-corrected chi connectivity index (χ1v) is 9.59. The number of aromatic amines is 1. The van der Waals surface area contributed by atoms with E-state index in [1.54, 1.807) is 7.11 Å². The maximum absolute atomic E-state index is 13.1. The SMILES string of the molecule is CCc1cn[nH]c1C1CCN(C(=O)c2cc3c(nc2OC)CCC3)CC1. The number of pyridine rings is 1. The number of nitrogens with one attached hydrogen (secondary N) is 1. The number of likely N-dealkylation sites (tertiary alicyclic amines) is 1. The second-order valence-electron chi connectivity index (χ2n) is 7.23. The van der Waals surface area contributed by atoms with Gasteiger partial charge in [-0.05, 0) is 55.7 Å². The van der Waals surface area contributed by atoms with Crippen LogP contribution < -0.4 is 4.74 Å². The van der Waals surface area contributed by atoms with E-state index in [1.165, 1.54) is 16.8 Å². The molecule has 0 bridgehead atoms. The summed E-state index contributed by atoms with van der Waals surface area (Å²) < 4.78 is 5.42. The van der Waals surface area contributed by atoms with E-state index < -0.39 is 0 Å². The summed E-state index contributed by atoms with van der Waals surface area (Å²) in [4.78, 5) is 19.6. The van der Waals surface area contributed by atoms with Crippen molar-refractivity contribution in [2.75, 3.05) is 20.2 Å². The molecule has 1 fully saturated rings. The Balaban J connectivity index is 1.49. The molecule has 2 aromatic heterocycles. The summed E-state index contributed by atoms with van der Waals surface area (Å²) in [6.07, 6.45) is 7.93. The first-order valence-electron chi connectivity index (χ1n) is 9.59. The van der Waals surface area contributed by atoms with Crippen molar-refractivity contribution in [3.8, 4) is 5.88 Å². The Bertz CT molecular complexity index is 806. The topological polar surface area (TPSA) is 71.1 Å². The minimum atomic E-state index is 0.0443. The van der Waals surface area contributed by atoms with Gasteiger partial charge in [0.1, 0.15) is 5.56 Å². The Kier molecular flexibility index (Phi) is 4.66. The van der Waals surface area contributed by atoms with E-state index in [1.807, 2.05) is 17.2 Å². The summed E-state index contributed by atoms with van der Waals surface area (Å²) in [7, 11) is 1.59. The second-order valence-corrected chi connectivity index (χ2v) is 7.23. The van der Waals surface area contributed by atoms with Crippen molar-refractivity contribution < 1.29 is 9.53 Å². The van der Waals surface area contributed by atoms with Crippen LogP contribution in [0.2, 0.25) is 0 Å². The zero-order valence-corrected chi connectivity index (χ0v) is 15.5. The highest BCUT2D eigenvalue weighted by molar-refractivity contribution is 5.96. The third kappa shape index (κ3) is 2.97. The number of hydrogen-bond acceptors (Lipinski definition) is 4. The molecule has 0 saturated carbocycles. The molecule has 1 saturated heterocycles. The molecule has 0 unspecified atom stereocenters. The smallest absolute Gasteiger partial charge is 0.259 e. The van der Waals surface area contributed by atoms with Crippen molar-refractivity contribution in [1.82, 2.24) is 20.1 Å². The van der Waals surface area contributed by atoms with Crippen LogP contribution in [0.1, 0.15) is 65.0 Å². The highest BCUT2D eigenvalue weighted by Crippen LogP contribution is 2.32. The number of aromatic nitrogens is 3. The Morgan fingerprint density at radius 2 is 2.15 bits per heavy atom. The van der Waals surface area contributed by atoms with Gasteiger partial charge >= 0.3 is 0 Å². The molecule has 1 amide bonds. The number of carbonyl (C=O) groups is 1. The number of fused-ring (bicyclic) bond motifs is 1. The van der Waals surface area contributed by atoms with Crippen LogP contribution >= 0.6 is 0 Å². The zero-order chi connectivity index (χ0) is 18.1. The van der Waals surface area contributed by atoms with Gasteiger partial charge in [0.15, 0.2) is 0 Å². The maximum Gasteiger partial charge on any atom is 0.259 e. The number of methoxy groups -OCH3 is 1. The normalized spacial score (nSPS) is 17.4. The number of aryl methyl sites for hydroxylation is 3. The van der Waals surface area contributed by atoms with E-state index in [-0.39, 0.29) is 5.91 Å². The average molecular weight is 354 g/mol. The molecule has 2 aliphatic rings. The molecule has 138 valence electrons. The van der Waals surface area contributed by atoms with Crippen LogP contribution in [0.4, 0.5) is 0 Å². The van der Waals surface area contributed by atoms with E-state index in [0.717, 1.165) is 57.3 Å². The number of nitrogens with zero attached hydrogens (tertiary/aromatic N) is 3. The Labute approximate surface area is 154 Å². The number of hydrogen-bond donors (Lipinski definition) is 1. The number of amides is 1. The predicted octanol–water partition coefficient (Wildman–Crippen LogP) is 2.88. The molecular formula is C20H26N4O2. The average Bonchev–Trinajstić information content (AvgIpc) is 3.34. The Morgan fingerprint density at radius 1 is 1.35 bits per heavy atom. The fourth-order valence-corrected chi connectivity index (χ4v) is 4.26. The van der Waals surface area contributed by atoms with Gasteiger partial charge in [-0.15, -0.1) is 0 Å². The lowest BCUT2D eigenvalue weighted by Gasteiger charge is -2.32. The summed E-state index contributed by atoms with van der Waals surface area (Å²) in [6, 6.07) is 2.01. The van der Waals surface area contributed by atoms with Gasteiger partial charge in [0, 0.05) is 30.4 Å². The fraction of sp³-hybridized carbons (Fsp3) is 0.550. The van der Waals surface area contributed by atoms with Gasteiger partial charge in [0.05, 0.1) is 13.3 Å². The standard InChI is InChI=1S/C20H26N4O2/c1-3-13-12-21-23-18(13)14-7-9-24(10-8-14)20(25)16-11-15-5-4-6-17(15)22-19(16)26-2/h11-12,14H,3-10H2,1-2H3,(H,21,23). The lowest BCUT2D eigenvalue weighted by molar-refractivity contribution is 0.0707. The van der Waals surface area contributed by atoms with Crippen LogP contribution in [0.3, 0.4) is 0 Å². The summed E-state index contributed by atoms with van der Waals surface area (Å²) in [5.41, 5.74) is 5.44. The van der Waals surface area contributed by atoms with Crippen molar-refractivity contribution >= 4 is 5.91 Å². The van der Waals surface area contributed by atoms with Crippen molar-refractivity contribution in [3.63, 3.8) is 0 Å². The van der Waals surface area contributed by atoms with Crippen molar-refractivity contribution in [2.45, 2.75) is 51.4 Å². The van der Waals surface area contributed by atoms with Crippen LogP contribution in [0.25, 0.3) is 0 Å². The molecule has 26 heavy (non-hydrogen) atoms. The first-order chi connectivity index (χ1) is 12.7. The Hall–Kier alpha value is -2.37. The fourth-order valence-electron chi connectivity index (χ4n) is 4.26. The van der Waals surface area contributed by atoms with Gasteiger partial charge in [0.2, 0.25) is 5.88 Å². The van der Waals surface area contributed by atoms with Crippen LogP contribution in [0, 0.1) is 0 Å². The molecular weight excluding hydrogens is 328 g/mol. The number of piperidine rings is 1. The molecule has 0 radical (unpaired) electrons. The number of rotatable bonds is 4. The molecule has 0 spiro atoms. The van der Waals surface area contributed by atoms with Crippen LogP contribution in [0.5, 0.6) is 5.88 Å². The molecule has 1 N–H and O–H groups in total. The molecule has 0 aromatic carbocycles. The van der Waals surface area contributed by atoms with E-state index in [9.17, 15) is 4.79 Å². The third-order valence-corrected chi connectivity index (χ3v) is 5.76. The van der Waals surface area contributed by atoms with Gasteiger partial charge in [0.25, 0.3) is 5.91 Å². The minimum Gasteiger partial charge on any atom is -0.480 e. The van der Waals surface area contributed by atoms with Crippen LogP contribution in [0.15, 0.2) is 12.3 Å². The monoisotopic (exact) mass is 354 g/mol. The first kappa shape index (κ1) is 17.1. The largest absolute Gasteiger partial charge is 0.480 e. The molecule has 6 heteroatoms. The quantitative estimate of drug-likeness (QED) is 0.916. The summed E-state index contributed by atoms with van der Waals surface area (Å²) in [6.45, 7) is 3.66. The molecule has 1 aliphatic carbocycles. The highest BCUT2D eigenvalue weighted by atomic mass is 16.5. The molecule has 3 heterocycles. The Morgan fingerprint density at radius 3 is 2.88 bits per heavy atom. The third-order valence-electron chi connectivity index (χ3n) is 5.76. The molecule has 1 aliphatic heterocycles. The van der Waals surface area contributed by atoms with Gasteiger partial charge in [-0.1, -0.05) is 6.92 Å². The summed E-state index contributed by atoms with van der Waals surface area (Å²) >= 11 is 0. The van der Waals surface area contributed by atoms with Gasteiger partial charge in [-0.2, -0.15) is 5.10 Å². The number of ether oxygens (including phenoxy) is 1. The minimum absolute atomic E-state index is 0.0443. The van der Waals surface area contributed by atoms with Crippen LogP contribution in [-0.2, 0) is 19.3 Å². The summed E-state index contributed by atoms with van der Waals surface area (Å²) in [5, 5.41) is 7.36. The lowest BCUT2D eigenvalue weighted by Crippen LogP contribution is -2.38. The second kappa shape index (κ2) is 7.09. The van der Waals surface area contributed by atoms with Crippen molar-refractivity contribution in [3.05, 3.63) is 40.3 Å². The van der Waals surface area contributed by atoms with Gasteiger partial charge in [-0.25, -0.2) is 4.98 Å². The molecule has 4 rings (SSSR count). The zero-order valence-electron chi connectivity index (χ0n) is 15.5. The number of H-pyrrole nitrogens is 1. The molecule has 6 nitrogen and oxygen atoms in total. The highest BCUT2D eigenvalue weighted by Gasteiger charge is 2.29. The van der Waals surface area contributed by atoms with Crippen molar-refractivity contribution in [2.24, 2.45) is 0 Å². The lowest BCUT2D eigenvalue weighted by atomic mass is 9.90. The predicted molar refractivity (Wildman–Crippen MR) is 98.7 cm³/mol. The van der Waals surface area contributed by atoms with Gasteiger partial charge in [-0.3, -0.25) is 9.89 Å². The number of carbonyl (C=O) groups excluding carboxylic acids is 1. The van der Waals surface area contributed by atoms with E-state index in [2.05, 4.69) is 22.1 Å². The van der Waals surface area contributed by atoms with E-state index in [4.69, 9.17) is 4.74 Å². The van der Waals surface area contributed by atoms with Crippen LogP contribution in [-0.4, -0.2) is 46.2 Å². The summed E-state index contributed by atoms with van der Waals surface area (Å²) in [5.74, 6) is 0.971. The molecule has 0 atom stereocenters. The van der Waals surface area contributed by atoms with E-state index >= 15 is 0 Å². The van der Waals surface area contributed by atoms with Gasteiger partial charge < -0.3 is 9.64 Å². The maximum atomic E-state index is 13.1. The van der Waals surface area contributed by atoms with Crippen molar-refractivity contribution in [1.29, 1.82) is 0 Å². The van der Waals surface area contributed by atoms with E-state index in [0.29, 0.717) is 17.4 Å².